The zero-order valence-electron chi connectivity index (χ0n) is 39.1. The van der Waals surface area contributed by atoms with E-state index in [-0.39, 0.29) is 16.5 Å². The van der Waals surface area contributed by atoms with Gasteiger partial charge in [0.15, 0.2) is 0 Å². The van der Waals surface area contributed by atoms with Gasteiger partial charge in [-0.1, -0.05) is 199 Å². The number of hydrogen-bond donors (Lipinski definition) is 0. The summed E-state index contributed by atoms with van der Waals surface area (Å²) in [4.78, 5) is 10.6. The summed E-state index contributed by atoms with van der Waals surface area (Å²) in [6.45, 7) is 15.3. The van der Waals surface area contributed by atoms with Gasteiger partial charge in [0.25, 0.3) is 0 Å². The number of aryl methyl sites for hydroxylation is 5. The maximum atomic E-state index is 10.7. The molecule has 0 amide bonds. The third kappa shape index (κ3) is 23.0. The van der Waals surface area contributed by atoms with Crippen LogP contribution in [0.3, 0.4) is 0 Å². The summed E-state index contributed by atoms with van der Waals surface area (Å²) in [6, 6.07) is 18.2. The van der Waals surface area contributed by atoms with Gasteiger partial charge in [-0.2, -0.15) is 0 Å². The molecule has 5 heteroatoms. The Morgan fingerprint density at radius 2 is 0.950 bits per heavy atom. The molecule has 0 radical (unpaired) electrons. The summed E-state index contributed by atoms with van der Waals surface area (Å²) in [7, 11) is 0. The van der Waals surface area contributed by atoms with Crippen LogP contribution in [0.1, 0.15) is 211 Å². The normalized spacial score (nSPS) is 11.4. The molecule has 0 heterocycles. The molecule has 0 bridgehead atoms. The number of nitrogens with zero attached hydrogens (tertiary/aromatic N) is 2. The van der Waals surface area contributed by atoms with Crippen molar-refractivity contribution in [3.05, 3.63) is 82.4 Å². The predicted octanol–water partition coefficient (Wildman–Crippen LogP) is 15.5. The van der Waals surface area contributed by atoms with E-state index in [9.17, 15) is 10.2 Å². The predicted molar refractivity (Wildman–Crippen MR) is 255 cm³/mol. The zero-order chi connectivity index (χ0) is 42.9. The van der Waals surface area contributed by atoms with Gasteiger partial charge in [0.05, 0.1) is 17.1 Å². The molecule has 0 atom stereocenters. The van der Waals surface area contributed by atoms with E-state index in [4.69, 9.17) is 9.98 Å². The van der Waals surface area contributed by atoms with Gasteiger partial charge < -0.3 is 10.2 Å². The molecule has 0 N–H and O–H groups in total. The summed E-state index contributed by atoms with van der Waals surface area (Å²) in [5.74, 6) is 6.35. The van der Waals surface area contributed by atoms with Crippen molar-refractivity contribution in [2.45, 2.75) is 215 Å². The Bertz CT molecular complexity index is 1680. The number of para-hydroxylation sites is 1. The van der Waals surface area contributed by atoms with Crippen LogP contribution in [0.4, 0.5) is 11.4 Å². The molecule has 3 rings (SSSR count). The van der Waals surface area contributed by atoms with E-state index in [1.165, 1.54) is 137 Å². The van der Waals surface area contributed by atoms with Gasteiger partial charge in [-0.3, -0.25) is 4.99 Å². The van der Waals surface area contributed by atoms with E-state index >= 15 is 0 Å². The van der Waals surface area contributed by atoms with Crippen LogP contribution in [0, 0.1) is 18.8 Å². The smallest absolute Gasteiger partial charge is 0.873 e. The molecule has 0 fully saturated rings. The number of hydrogen-bond acceptors (Lipinski definition) is 4. The maximum Gasteiger partial charge on any atom is 2.00 e. The Morgan fingerprint density at radius 3 is 1.42 bits per heavy atom. The first-order valence-corrected chi connectivity index (χ1v) is 24.1. The molecule has 0 aliphatic carbocycles. The Hall–Kier alpha value is -3.35. The van der Waals surface area contributed by atoms with Crippen LogP contribution in [0.25, 0.3) is 0 Å². The van der Waals surface area contributed by atoms with Gasteiger partial charge in [-0.15, -0.1) is 11.5 Å². The van der Waals surface area contributed by atoms with Crippen molar-refractivity contribution in [2.24, 2.45) is 9.98 Å². The van der Waals surface area contributed by atoms with Crippen LogP contribution in [0.15, 0.2) is 64.6 Å². The number of unbranched alkanes of at least 4 members (excludes halogenated alkanes) is 15. The first-order chi connectivity index (χ1) is 28.8. The van der Waals surface area contributed by atoms with Crippen LogP contribution in [0.5, 0.6) is 11.5 Å². The molecule has 0 aliphatic heterocycles. The maximum absolute atomic E-state index is 10.7. The monoisotopic (exact) mass is 861 g/mol. The van der Waals surface area contributed by atoms with Crippen molar-refractivity contribution in [1.29, 1.82) is 0 Å². The van der Waals surface area contributed by atoms with Gasteiger partial charge in [0, 0.05) is 6.42 Å². The first kappa shape index (κ1) is 54.7. The van der Waals surface area contributed by atoms with Gasteiger partial charge in [0.2, 0.25) is 0 Å². The number of rotatable bonds is 28. The third-order valence-electron chi connectivity index (χ3n) is 11.0. The van der Waals surface area contributed by atoms with Crippen molar-refractivity contribution >= 4 is 22.8 Å². The Labute approximate surface area is 378 Å². The van der Waals surface area contributed by atoms with E-state index in [1.54, 1.807) is 19.1 Å². The first-order valence-electron chi connectivity index (χ1n) is 24.1. The second-order valence-electron chi connectivity index (χ2n) is 16.6. The third-order valence-corrected chi connectivity index (χ3v) is 11.0. The molecule has 4 nitrogen and oxygen atoms in total. The average molecular weight is 862 g/mol. The van der Waals surface area contributed by atoms with Crippen LogP contribution < -0.4 is 10.2 Å². The fraction of sp³-hybridized carbons (Fsp3) is 0.600. The van der Waals surface area contributed by atoms with Gasteiger partial charge in [-0.25, -0.2) is 4.99 Å². The van der Waals surface area contributed by atoms with Crippen molar-refractivity contribution in [3.8, 4) is 23.3 Å². The molecule has 0 spiro atoms. The molecule has 3 aromatic rings. The number of aliphatic imine (C=N–C) groups is 2. The standard InChI is InChI=1S/C48H76N2.C7H8O2.Ni/c1-7-13-15-16-17-18-19-20-21-22-23-24-25-26-28-34-48(50-46-38-36-42(30-10-4)44(40-46)32-12-6)47(33-27-14-8-2)49-45-37-35-41(29-9-3)43(39-45)31-11-5;1-5-3-2-4-6(8)7(5)9;/h35-40H,7-27,29-33H2,1-6H3;2-4,8-9H,1H3;/q;;+2/p-2. The van der Waals surface area contributed by atoms with Crippen LogP contribution >= 0.6 is 0 Å². The van der Waals surface area contributed by atoms with E-state index in [1.807, 2.05) is 0 Å². The van der Waals surface area contributed by atoms with Gasteiger partial charge >= 0.3 is 16.5 Å². The van der Waals surface area contributed by atoms with Crippen LogP contribution in [-0.2, 0) is 42.2 Å². The summed E-state index contributed by atoms with van der Waals surface area (Å²) in [5, 5.41) is 21.2. The summed E-state index contributed by atoms with van der Waals surface area (Å²) in [5.41, 5.74) is 10.3. The number of benzene rings is 3. The Morgan fingerprint density at radius 1 is 0.500 bits per heavy atom. The van der Waals surface area contributed by atoms with Crippen LogP contribution in [-0.4, -0.2) is 11.4 Å². The summed E-state index contributed by atoms with van der Waals surface area (Å²) < 4.78 is 0. The molecule has 60 heavy (non-hydrogen) atoms. The van der Waals surface area contributed by atoms with Crippen molar-refractivity contribution < 1.29 is 26.7 Å². The van der Waals surface area contributed by atoms with E-state index < -0.39 is 11.5 Å². The largest absolute Gasteiger partial charge is 2.00 e. The second kappa shape index (κ2) is 35.3. The molecule has 3 aromatic carbocycles. The van der Waals surface area contributed by atoms with Crippen molar-refractivity contribution in [2.75, 3.05) is 0 Å². The fourth-order valence-corrected chi connectivity index (χ4v) is 7.62. The minimum absolute atomic E-state index is 0. The van der Waals surface area contributed by atoms with Gasteiger partial charge in [-0.05, 0) is 104 Å². The molecule has 0 aromatic heterocycles. The summed E-state index contributed by atoms with van der Waals surface area (Å²) in [6.07, 6.45) is 32.3. The Kier molecular flexibility index (Phi) is 32.1. The van der Waals surface area contributed by atoms with Crippen molar-refractivity contribution in [3.63, 3.8) is 0 Å². The molecular weight excluding hydrogens is 779 g/mol. The SMILES string of the molecule is CCCCCCCCCCCCCCCC#CC(=Nc1ccc(CCC)c(CCC)c1)C(CCCCC)=Nc1ccc(CCC)c(CCC)c1.Cc1cccc([O-])c1[O-].[Ni+2]. The molecule has 0 saturated carbocycles. The Balaban J connectivity index is 0.00000158. The minimum Gasteiger partial charge on any atom is -0.873 e. The zero-order valence-corrected chi connectivity index (χ0v) is 40.1. The molecule has 0 aliphatic rings. The molecule has 0 saturated heterocycles. The molecule has 334 valence electrons. The molecular formula is C55H82N2NiO2. The van der Waals surface area contributed by atoms with E-state index in [0.717, 1.165) is 80.6 Å². The fourth-order valence-electron chi connectivity index (χ4n) is 7.62. The van der Waals surface area contributed by atoms with E-state index in [2.05, 4.69) is 89.8 Å². The summed E-state index contributed by atoms with van der Waals surface area (Å²) >= 11 is 0. The second-order valence-corrected chi connectivity index (χ2v) is 16.6. The average Bonchev–Trinajstić information content (AvgIpc) is 3.23. The van der Waals surface area contributed by atoms with Crippen molar-refractivity contribution in [1.82, 2.24) is 0 Å². The quantitative estimate of drug-likeness (QED) is 0.0316. The molecule has 0 unspecified atom stereocenters. The topological polar surface area (TPSA) is 70.8 Å². The van der Waals surface area contributed by atoms with Crippen LogP contribution in [0.2, 0.25) is 0 Å². The minimum atomic E-state index is -0.421. The van der Waals surface area contributed by atoms with E-state index in [0.29, 0.717) is 5.56 Å². The van der Waals surface area contributed by atoms with Gasteiger partial charge in [0.1, 0.15) is 5.71 Å².